The molecule has 0 amide bonds. The first-order valence-electron chi connectivity index (χ1n) is 36.1. The van der Waals surface area contributed by atoms with E-state index in [2.05, 4.69) is 146 Å². The molecule has 0 nitrogen and oxygen atoms in total. The summed E-state index contributed by atoms with van der Waals surface area (Å²) in [6.07, 6.45) is 0. The first-order chi connectivity index (χ1) is 58.4. The number of benzene rings is 12. The summed E-state index contributed by atoms with van der Waals surface area (Å²) in [6, 6.07) is 166. The van der Waals surface area contributed by atoms with Gasteiger partial charge in [-0.1, -0.05) is 285 Å². The van der Waals surface area contributed by atoms with E-state index >= 15 is 0 Å². The van der Waals surface area contributed by atoms with E-state index in [1.165, 1.54) is 0 Å². The Balaban J connectivity index is 1.23. The Kier molecular flexibility index (Phi) is 29.9. The van der Waals surface area contributed by atoms with Gasteiger partial charge >= 0.3 is 0 Å². The lowest BCUT2D eigenvalue weighted by atomic mass is 9.96. The lowest BCUT2D eigenvalue weighted by Gasteiger charge is -2.07. The van der Waals surface area contributed by atoms with Gasteiger partial charge in [0.2, 0.25) is 0 Å². The van der Waals surface area contributed by atoms with Gasteiger partial charge in [-0.15, -0.1) is 0 Å². The molecule has 564 valence electrons. The van der Waals surface area contributed by atoms with Crippen molar-refractivity contribution >= 4 is 173 Å². The van der Waals surface area contributed by atoms with Crippen LogP contribution in [0.15, 0.2) is 291 Å². The summed E-state index contributed by atoms with van der Waals surface area (Å²) in [5.41, 5.74) is 12.3. The summed E-state index contributed by atoms with van der Waals surface area (Å²) in [5, 5.41) is 8.00. The molecular formula is C108H48Cl12. The van der Waals surface area contributed by atoms with Gasteiger partial charge in [0.25, 0.3) is 0 Å². The molecule has 13 rings (SSSR count). The van der Waals surface area contributed by atoms with Crippen LogP contribution in [0.25, 0.3) is 33.4 Å². The van der Waals surface area contributed by atoms with Gasteiger partial charge in [0.05, 0.1) is 31.3 Å². The minimum Gasteiger partial charge on any atom is -0.0843 e. The van der Waals surface area contributed by atoms with E-state index in [9.17, 15) is 0 Å². The Labute approximate surface area is 760 Å². The fraction of sp³-hybridized carbons (Fsp3) is 0. The van der Waals surface area contributed by atoms with Crippen LogP contribution in [0, 0.1) is 146 Å². The van der Waals surface area contributed by atoms with Crippen LogP contribution >= 0.6 is 139 Å². The lowest BCUT2D eigenvalue weighted by Crippen LogP contribution is -2.06. The summed E-state index contributed by atoms with van der Waals surface area (Å²) in [5.74, 6) is 0. The number of rotatable bonds is 12. The first-order valence-corrected chi connectivity index (χ1v) is 40.7. The lowest BCUT2D eigenvalue weighted by molar-refractivity contribution is 1.50. The molecule has 0 aliphatic carbocycles. The molecule has 0 aliphatic rings. The molecule has 0 saturated heterocycles. The molecule has 0 heterocycles. The number of halogens is 12. The second-order valence-electron chi connectivity index (χ2n) is 25.6. The van der Waals surface area contributed by atoms with E-state index in [1.54, 1.807) is 146 Å². The maximum Gasteiger partial charge on any atom is 0.0848 e. The third kappa shape index (κ3) is 23.4. The van der Waals surface area contributed by atoms with Gasteiger partial charge < -0.3 is 0 Å². The van der Waals surface area contributed by atoms with Crippen LogP contribution in [0.3, 0.4) is 0 Å². The second kappa shape index (κ2) is 42.1. The van der Waals surface area contributed by atoms with Crippen molar-refractivity contribution in [3.05, 3.63) is 595 Å². The molecule has 0 N–H and O–H groups in total. The topological polar surface area (TPSA) is 0 Å². The van der Waals surface area contributed by atoms with Crippen LogP contribution in [0.5, 0.6) is 0 Å². The monoisotopic (exact) mass is 1760 g/mol. The third-order valence-electron chi connectivity index (χ3n) is 17.7. The van der Waals surface area contributed by atoms with Crippen LogP contribution in [0.2, 0.25) is 60.3 Å². The predicted molar refractivity (Wildman–Crippen MR) is 489 cm³/mol. The van der Waals surface area contributed by atoms with Gasteiger partial charge in [0, 0.05) is 93.7 Å². The van der Waals surface area contributed by atoms with Crippen LogP contribution in [0.1, 0.15) is 66.8 Å². The Morgan fingerprint density at radius 2 is 0.175 bits per heavy atom. The van der Waals surface area contributed by atoms with E-state index in [4.69, 9.17) is 139 Å². The molecule has 13 aromatic carbocycles. The molecule has 0 spiro atoms. The normalized spacial score (nSPS) is 9.70. The van der Waals surface area contributed by atoms with Crippen LogP contribution < -0.4 is 31.3 Å². The molecule has 0 saturated carbocycles. The largest absolute Gasteiger partial charge is 0.0848 e. The highest BCUT2D eigenvalue weighted by Gasteiger charge is 2.14. The van der Waals surface area contributed by atoms with Gasteiger partial charge in [0.15, 0.2) is 0 Å². The summed E-state index contributed by atoms with van der Waals surface area (Å²) in [4.78, 5) is 0. The highest BCUT2D eigenvalue weighted by Crippen LogP contribution is 2.31. The van der Waals surface area contributed by atoms with Crippen molar-refractivity contribution in [1.82, 2.24) is 0 Å². The van der Waals surface area contributed by atoms with Gasteiger partial charge in [-0.05, 0) is 358 Å². The second-order valence-corrected chi connectivity index (χ2v) is 30.8. The van der Waals surface area contributed by atoms with Gasteiger partial charge in [0.1, 0.15) is 0 Å². The smallest absolute Gasteiger partial charge is 0.0843 e. The number of hydrogen-bond acceptors (Lipinski definition) is 0. The maximum atomic E-state index is 6.61. The Hall–Kier alpha value is -12.7. The maximum absolute atomic E-state index is 6.61. The van der Waals surface area contributed by atoms with E-state index in [0.29, 0.717) is 192 Å². The highest BCUT2D eigenvalue weighted by atomic mass is 35.5. The van der Waals surface area contributed by atoms with Crippen molar-refractivity contribution in [3.8, 4) is 0 Å². The average Bonchev–Trinajstić information content (AvgIpc) is 0.840. The molecule has 0 aromatic heterocycles. The van der Waals surface area contributed by atoms with E-state index in [0.717, 1.165) is 0 Å². The molecular weight excluding hydrogens is 1720 g/mol. The molecule has 0 radical (unpaired) electrons. The molecule has 0 atom stereocenters. The predicted octanol–water partition coefficient (Wildman–Crippen LogP) is 25.0. The zero-order valence-corrected chi connectivity index (χ0v) is 71.3. The van der Waals surface area contributed by atoms with E-state index < -0.39 is 0 Å². The van der Waals surface area contributed by atoms with E-state index in [1.807, 2.05) is 146 Å². The first kappa shape index (κ1) is 85.2. The van der Waals surface area contributed by atoms with Crippen molar-refractivity contribution in [2.24, 2.45) is 0 Å². The molecule has 0 bridgehead atoms. The van der Waals surface area contributed by atoms with Gasteiger partial charge in [-0.2, -0.15) is 0 Å². The summed E-state index contributed by atoms with van der Waals surface area (Å²) < 4.78 is 0. The molecule has 12 heteroatoms. The fourth-order valence-electron chi connectivity index (χ4n) is 12.2. The van der Waals surface area contributed by atoms with Crippen LogP contribution in [-0.2, 0) is 0 Å². The molecule has 120 heavy (non-hydrogen) atoms. The fourth-order valence-corrected chi connectivity index (χ4v) is 13.7. The summed E-state index contributed by atoms with van der Waals surface area (Å²) in [6.45, 7) is 0. The average molecular weight is 1770 g/mol. The van der Waals surface area contributed by atoms with Crippen molar-refractivity contribution in [1.29, 1.82) is 0 Å². The van der Waals surface area contributed by atoms with Gasteiger partial charge in [-0.3, -0.25) is 0 Å². The van der Waals surface area contributed by atoms with Crippen LogP contribution in [0.4, 0.5) is 0 Å². The van der Waals surface area contributed by atoms with E-state index in [-0.39, 0.29) is 0 Å². The Bertz CT molecular complexity index is 5220. The molecule has 13 aromatic rings. The van der Waals surface area contributed by atoms with Crippen molar-refractivity contribution in [3.63, 3.8) is 0 Å². The zero-order valence-electron chi connectivity index (χ0n) is 62.2. The van der Waals surface area contributed by atoms with Crippen LogP contribution in [-0.4, -0.2) is 0 Å². The third-order valence-corrected chi connectivity index (χ3v) is 20.7. The Morgan fingerprint density at radius 1 is 0.108 bits per heavy atom. The van der Waals surface area contributed by atoms with Crippen molar-refractivity contribution in [2.45, 2.75) is 0 Å². The standard InChI is InChI=1S/C108H48Cl12/c109-91-49-25-79(26-50-91)103(80-27-51-92(110)52-28-80)73-13-1-2-14-74(104(81-29-53-93(111)54-30-81)82-31-55-94(112)56-32-82)16-5-6-18-76(106(85-37-61-97(115)62-38-85)86-39-63-98(116)64-40-86)20-9-10-22-78(108(89-45-69-101(119)70-46-89)90-47-71-102(120)72-48-90)24-12-11-23-77(107(87-41-65-99(117)66-42-87)88-43-67-100(118)68-44-88)21-8-7-19-75(17-4-3-15-73)105(83-33-57-95(113)58-34-83)84-35-59-96(114)60-36-84/h25-72H. The molecule has 0 fully saturated rings. The minimum atomic E-state index is 0.319. The summed E-state index contributed by atoms with van der Waals surface area (Å²) >= 11 is 79.3. The zero-order chi connectivity index (χ0) is 83.7. The highest BCUT2D eigenvalue weighted by molar-refractivity contribution is 6.34. The molecule has 0 aliphatic heterocycles. The van der Waals surface area contributed by atoms with Crippen molar-refractivity contribution < 1.29 is 0 Å². The van der Waals surface area contributed by atoms with Gasteiger partial charge in [-0.25, -0.2) is 0 Å². The summed E-state index contributed by atoms with van der Waals surface area (Å²) in [7, 11) is 0. The number of hydrogen-bond donors (Lipinski definition) is 0. The molecule has 0 unspecified atom stereocenters. The minimum absolute atomic E-state index is 0.319. The quantitative estimate of drug-likeness (QED) is 0.114. The van der Waals surface area contributed by atoms with Crippen molar-refractivity contribution in [2.75, 3.05) is 0 Å². The SMILES string of the molecule is Clc1ccc(C(c2ccc(Cl)cc2)=c2c#cc#cc(=C(c3ccc(Cl)cc3)c3ccc(Cl)cc3)c#cc#cc(=C(c3ccc(Cl)cc3)c3ccc(Cl)cc3)c#cc#cc(=C(c3ccc(Cl)cc3)c3ccc(Cl)cc3)c#cc#cc(=C(c3ccc(Cl)cc3)c3ccc(Cl)cc3)c#cc#cc(=C(c3ccc(Cl)cc3)c3ccc(Cl)cc3)c#cc#c2)cc1. The Morgan fingerprint density at radius 3 is 0.242 bits per heavy atom.